The molecule has 0 saturated heterocycles. The van der Waals surface area contributed by atoms with Gasteiger partial charge in [-0.1, -0.05) is 18.2 Å². The van der Waals surface area contributed by atoms with Gasteiger partial charge in [-0.3, -0.25) is 4.79 Å². The molecule has 1 heterocycles. The summed E-state index contributed by atoms with van der Waals surface area (Å²) >= 11 is 1.70. The molecule has 0 aliphatic carbocycles. The van der Waals surface area contributed by atoms with Gasteiger partial charge in [0.15, 0.2) is 0 Å². The first-order valence-electron chi connectivity index (χ1n) is 8.22. The quantitative estimate of drug-likeness (QED) is 0.654. The molecule has 3 aromatic rings. The van der Waals surface area contributed by atoms with Gasteiger partial charge in [0, 0.05) is 36.0 Å². The van der Waals surface area contributed by atoms with Crippen LogP contribution in [0.2, 0.25) is 0 Å². The summed E-state index contributed by atoms with van der Waals surface area (Å²) in [6, 6.07) is 19.0. The van der Waals surface area contributed by atoms with Crippen molar-refractivity contribution in [2.45, 2.75) is 5.75 Å². The van der Waals surface area contributed by atoms with Crippen molar-refractivity contribution >= 4 is 17.7 Å². The summed E-state index contributed by atoms with van der Waals surface area (Å²) in [5, 5.41) is 16.2. The Kier molecular flexibility index (Phi) is 6.07. The lowest BCUT2D eigenvalue weighted by molar-refractivity contribution is 0.0956. The molecule has 5 nitrogen and oxygen atoms in total. The summed E-state index contributed by atoms with van der Waals surface area (Å²) in [7, 11) is 0. The van der Waals surface area contributed by atoms with Gasteiger partial charge in [-0.15, -0.1) is 0 Å². The minimum absolute atomic E-state index is 0.0879. The number of thioether (sulfide) groups is 1. The smallest absolute Gasteiger partial charge is 0.251 e. The summed E-state index contributed by atoms with van der Waals surface area (Å²) in [5.41, 5.74) is 3.28. The number of hydrogen-bond acceptors (Lipinski definition) is 4. The van der Waals surface area contributed by atoms with Crippen molar-refractivity contribution in [3.63, 3.8) is 0 Å². The van der Waals surface area contributed by atoms with Crippen LogP contribution in [0.5, 0.6) is 0 Å². The van der Waals surface area contributed by atoms with Crippen molar-refractivity contribution in [1.29, 1.82) is 5.26 Å². The van der Waals surface area contributed by atoms with Gasteiger partial charge in [-0.25, -0.2) is 4.68 Å². The zero-order valence-corrected chi connectivity index (χ0v) is 14.9. The fourth-order valence-corrected chi connectivity index (χ4v) is 3.33. The van der Waals surface area contributed by atoms with Crippen molar-refractivity contribution in [2.75, 3.05) is 12.3 Å². The van der Waals surface area contributed by atoms with Crippen LogP contribution < -0.4 is 5.32 Å². The highest BCUT2D eigenvalue weighted by Crippen LogP contribution is 2.15. The molecule has 3 rings (SSSR count). The number of rotatable bonds is 7. The van der Waals surface area contributed by atoms with E-state index in [1.54, 1.807) is 34.8 Å². The molecule has 0 bridgehead atoms. The van der Waals surface area contributed by atoms with Crippen LogP contribution >= 0.6 is 11.8 Å². The van der Waals surface area contributed by atoms with E-state index >= 15 is 0 Å². The number of carbonyl (C=O) groups excluding carboxylic acids is 1. The first kappa shape index (κ1) is 17.8. The average molecular weight is 362 g/mol. The Morgan fingerprint density at radius 3 is 2.69 bits per heavy atom. The molecule has 0 aliphatic heterocycles. The third-order valence-electron chi connectivity index (χ3n) is 3.83. The van der Waals surface area contributed by atoms with Gasteiger partial charge < -0.3 is 5.32 Å². The van der Waals surface area contributed by atoms with Crippen molar-refractivity contribution < 1.29 is 4.79 Å². The number of aromatic nitrogens is 2. The van der Waals surface area contributed by atoms with Crippen molar-refractivity contribution in [3.05, 3.63) is 83.7 Å². The lowest BCUT2D eigenvalue weighted by Crippen LogP contribution is -2.25. The Morgan fingerprint density at radius 2 is 1.96 bits per heavy atom. The molecule has 0 atom stereocenters. The third-order valence-corrected chi connectivity index (χ3v) is 4.83. The molecule has 1 amide bonds. The molecular formula is C20H18N4OS. The molecule has 1 N–H and O–H groups in total. The van der Waals surface area contributed by atoms with E-state index in [-0.39, 0.29) is 5.91 Å². The van der Waals surface area contributed by atoms with E-state index in [1.165, 1.54) is 0 Å². The lowest BCUT2D eigenvalue weighted by atomic mass is 10.1. The molecule has 0 spiro atoms. The lowest BCUT2D eigenvalue weighted by Gasteiger charge is -2.07. The molecule has 26 heavy (non-hydrogen) atoms. The molecule has 0 aliphatic rings. The predicted octanol–water partition coefficient (Wildman–Crippen LogP) is 3.41. The maximum atomic E-state index is 12.2. The van der Waals surface area contributed by atoms with E-state index in [9.17, 15) is 4.79 Å². The van der Waals surface area contributed by atoms with Gasteiger partial charge in [0.05, 0.1) is 17.3 Å². The maximum Gasteiger partial charge on any atom is 0.251 e. The first-order chi connectivity index (χ1) is 12.8. The number of amides is 1. The number of carbonyl (C=O) groups is 1. The van der Waals surface area contributed by atoms with Crippen LogP contribution in [0.3, 0.4) is 0 Å². The molecule has 6 heteroatoms. The molecule has 2 aromatic carbocycles. The fraction of sp³-hybridized carbons (Fsp3) is 0.150. The summed E-state index contributed by atoms with van der Waals surface area (Å²) in [6.45, 7) is 0.582. The second kappa shape index (κ2) is 8.88. The SMILES string of the molecule is N#Cc1ccccc1CSCCNC(=O)c1ccc(-n2cccn2)cc1. The number of hydrogen-bond donors (Lipinski definition) is 1. The number of nitrogens with zero attached hydrogens (tertiary/aromatic N) is 3. The van der Waals surface area contributed by atoms with Crippen LogP contribution in [0.4, 0.5) is 0 Å². The minimum Gasteiger partial charge on any atom is -0.351 e. The summed E-state index contributed by atoms with van der Waals surface area (Å²) in [4.78, 5) is 12.2. The van der Waals surface area contributed by atoms with E-state index in [1.807, 2.05) is 48.7 Å². The first-order valence-corrected chi connectivity index (χ1v) is 9.37. The monoisotopic (exact) mass is 362 g/mol. The Bertz CT molecular complexity index is 898. The number of nitrogens with one attached hydrogen (secondary N) is 1. The van der Waals surface area contributed by atoms with Crippen LogP contribution in [-0.4, -0.2) is 28.0 Å². The Morgan fingerprint density at radius 1 is 1.15 bits per heavy atom. The van der Waals surface area contributed by atoms with Gasteiger partial charge in [-0.2, -0.15) is 22.1 Å². The number of nitriles is 1. The van der Waals surface area contributed by atoms with E-state index in [4.69, 9.17) is 5.26 Å². The molecule has 1 aromatic heterocycles. The Hall–Kier alpha value is -3.04. The van der Waals surface area contributed by atoms with E-state index in [0.29, 0.717) is 17.7 Å². The molecule has 0 fully saturated rings. The highest BCUT2D eigenvalue weighted by atomic mass is 32.2. The van der Waals surface area contributed by atoms with Gasteiger partial charge >= 0.3 is 0 Å². The zero-order valence-electron chi connectivity index (χ0n) is 14.1. The van der Waals surface area contributed by atoms with Gasteiger partial charge in [0.1, 0.15) is 0 Å². The second-order valence-electron chi connectivity index (χ2n) is 5.57. The predicted molar refractivity (Wildman–Crippen MR) is 103 cm³/mol. The standard InChI is InChI=1S/C20H18N4OS/c21-14-17-4-1-2-5-18(17)15-26-13-11-22-20(25)16-6-8-19(9-7-16)24-12-3-10-23-24/h1-10,12H,11,13,15H2,(H,22,25). The van der Waals surface area contributed by atoms with E-state index in [2.05, 4.69) is 16.5 Å². The molecule has 0 saturated carbocycles. The number of benzene rings is 2. The van der Waals surface area contributed by atoms with Crippen molar-refractivity contribution in [2.24, 2.45) is 0 Å². The molecule has 0 radical (unpaired) electrons. The summed E-state index contributed by atoms with van der Waals surface area (Å²) in [5.74, 6) is 1.46. The highest BCUT2D eigenvalue weighted by Gasteiger charge is 2.06. The van der Waals surface area contributed by atoms with E-state index in [0.717, 1.165) is 22.8 Å². The zero-order chi connectivity index (χ0) is 18.2. The average Bonchev–Trinajstić information content (AvgIpc) is 3.23. The summed E-state index contributed by atoms with van der Waals surface area (Å²) in [6.07, 6.45) is 3.57. The summed E-state index contributed by atoms with van der Waals surface area (Å²) < 4.78 is 1.75. The second-order valence-corrected chi connectivity index (χ2v) is 6.68. The van der Waals surface area contributed by atoms with Gasteiger partial charge in [0.2, 0.25) is 0 Å². The Labute approximate surface area is 156 Å². The van der Waals surface area contributed by atoms with Crippen LogP contribution in [-0.2, 0) is 5.75 Å². The van der Waals surface area contributed by atoms with E-state index < -0.39 is 0 Å². The normalized spacial score (nSPS) is 10.3. The molecule has 0 unspecified atom stereocenters. The van der Waals surface area contributed by atoms with Gasteiger partial charge in [0.25, 0.3) is 5.91 Å². The van der Waals surface area contributed by atoms with Crippen LogP contribution in [0.25, 0.3) is 5.69 Å². The van der Waals surface area contributed by atoms with Gasteiger partial charge in [-0.05, 0) is 42.0 Å². The van der Waals surface area contributed by atoms with Crippen molar-refractivity contribution in [1.82, 2.24) is 15.1 Å². The van der Waals surface area contributed by atoms with Crippen LogP contribution in [0.1, 0.15) is 21.5 Å². The largest absolute Gasteiger partial charge is 0.351 e. The van der Waals surface area contributed by atoms with Crippen LogP contribution in [0, 0.1) is 11.3 Å². The maximum absolute atomic E-state index is 12.2. The highest BCUT2D eigenvalue weighted by molar-refractivity contribution is 7.98. The topological polar surface area (TPSA) is 70.7 Å². The van der Waals surface area contributed by atoms with Crippen LogP contribution in [0.15, 0.2) is 67.0 Å². The van der Waals surface area contributed by atoms with Crippen molar-refractivity contribution in [3.8, 4) is 11.8 Å². The Balaban J connectivity index is 1.43. The molecular weight excluding hydrogens is 344 g/mol. The molecule has 130 valence electrons. The fourth-order valence-electron chi connectivity index (χ4n) is 2.46. The minimum atomic E-state index is -0.0879. The third kappa shape index (κ3) is 4.52.